The first-order chi connectivity index (χ1) is 11.1. The highest BCUT2D eigenvalue weighted by Crippen LogP contribution is 2.21. The minimum atomic E-state index is -0.0681. The van der Waals surface area contributed by atoms with Crippen LogP contribution in [0.4, 0.5) is 5.69 Å². The minimum Gasteiger partial charge on any atom is -0.497 e. The summed E-state index contributed by atoms with van der Waals surface area (Å²) < 4.78 is 5.25. The van der Waals surface area contributed by atoms with Crippen LogP contribution in [0.5, 0.6) is 5.75 Å². The first-order valence-electron chi connectivity index (χ1n) is 7.58. The molecule has 0 bridgehead atoms. The lowest BCUT2D eigenvalue weighted by Gasteiger charge is -2.12. The molecule has 0 aliphatic rings. The lowest BCUT2D eigenvalue weighted by molar-refractivity contribution is 0.415. The summed E-state index contributed by atoms with van der Waals surface area (Å²) in [5.74, 6) is 0.776. The van der Waals surface area contributed by atoms with Gasteiger partial charge in [-0.25, -0.2) is 0 Å². The Bertz CT molecular complexity index is 893. The number of rotatable bonds is 4. The first-order valence-corrected chi connectivity index (χ1v) is 7.58. The number of aromatic amines is 1. The second-order valence-electron chi connectivity index (χ2n) is 5.70. The van der Waals surface area contributed by atoms with Crippen LogP contribution in [-0.2, 0) is 6.54 Å². The molecule has 3 rings (SSSR count). The van der Waals surface area contributed by atoms with E-state index in [0.29, 0.717) is 12.1 Å². The summed E-state index contributed by atoms with van der Waals surface area (Å²) in [4.78, 5) is 15.2. The number of methoxy groups -OCH3 is 1. The Morgan fingerprint density at radius 3 is 2.52 bits per heavy atom. The molecule has 2 N–H and O–H groups in total. The lowest BCUT2D eigenvalue weighted by atomic mass is 10.1. The van der Waals surface area contributed by atoms with Crippen molar-refractivity contribution in [2.45, 2.75) is 20.4 Å². The van der Waals surface area contributed by atoms with Crippen LogP contribution < -0.4 is 15.6 Å². The molecule has 3 aromatic rings. The molecular formula is C19H20N2O2. The molecule has 0 atom stereocenters. The van der Waals surface area contributed by atoms with E-state index in [1.165, 1.54) is 11.1 Å². The summed E-state index contributed by atoms with van der Waals surface area (Å²) in [6.07, 6.45) is 0. The summed E-state index contributed by atoms with van der Waals surface area (Å²) in [5.41, 5.74) is 4.87. The zero-order valence-electron chi connectivity index (χ0n) is 13.6. The van der Waals surface area contributed by atoms with Crippen molar-refractivity contribution in [1.29, 1.82) is 0 Å². The molecule has 0 aliphatic heterocycles. The van der Waals surface area contributed by atoms with E-state index < -0.39 is 0 Å². The van der Waals surface area contributed by atoms with E-state index in [-0.39, 0.29) is 5.56 Å². The number of ether oxygens (including phenoxy) is 1. The summed E-state index contributed by atoms with van der Waals surface area (Å²) in [7, 11) is 1.64. The first kappa shape index (κ1) is 15.2. The molecule has 0 unspecified atom stereocenters. The van der Waals surface area contributed by atoms with Crippen molar-refractivity contribution in [3.8, 4) is 5.75 Å². The van der Waals surface area contributed by atoms with Gasteiger partial charge in [-0.05, 0) is 49.2 Å². The van der Waals surface area contributed by atoms with Gasteiger partial charge in [0.2, 0.25) is 0 Å². The van der Waals surface area contributed by atoms with Gasteiger partial charge in [0.05, 0.1) is 7.11 Å². The van der Waals surface area contributed by atoms with E-state index in [4.69, 9.17) is 4.74 Å². The molecule has 0 spiro atoms. The Kier molecular flexibility index (Phi) is 4.06. The van der Waals surface area contributed by atoms with Crippen molar-refractivity contribution < 1.29 is 4.74 Å². The smallest absolute Gasteiger partial charge is 0.253 e. The largest absolute Gasteiger partial charge is 0.497 e. The number of hydrogen-bond donors (Lipinski definition) is 2. The topological polar surface area (TPSA) is 54.1 Å². The number of anilines is 1. The van der Waals surface area contributed by atoms with Crippen molar-refractivity contribution in [2.75, 3.05) is 12.4 Å². The van der Waals surface area contributed by atoms with E-state index >= 15 is 0 Å². The number of nitrogens with one attached hydrogen (secondary N) is 2. The zero-order valence-corrected chi connectivity index (χ0v) is 13.6. The molecule has 23 heavy (non-hydrogen) atoms. The van der Waals surface area contributed by atoms with Gasteiger partial charge in [-0.15, -0.1) is 0 Å². The SMILES string of the molecule is COc1ccc2[nH]c(=O)c(CNc3c(C)cccc3C)cc2c1. The van der Waals surface area contributed by atoms with Crippen molar-refractivity contribution in [3.05, 3.63) is 69.5 Å². The Balaban J connectivity index is 1.93. The molecule has 4 nitrogen and oxygen atoms in total. The second-order valence-corrected chi connectivity index (χ2v) is 5.70. The second kappa shape index (κ2) is 6.16. The van der Waals surface area contributed by atoms with E-state index in [0.717, 1.165) is 22.3 Å². The number of hydrogen-bond acceptors (Lipinski definition) is 3. The van der Waals surface area contributed by atoms with Crippen LogP contribution in [0.2, 0.25) is 0 Å². The monoisotopic (exact) mass is 308 g/mol. The van der Waals surface area contributed by atoms with E-state index in [2.05, 4.69) is 36.3 Å². The standard InChI is InChI=1S/C19H20N2O2/c1-12-5-4-6-13(2)18(12)20-11-15-9-14-10-16(23-3)7-8-17(14)21-19(15)22/h4-10,20H,11H2,1-3H3,(H,21,22). The maximum absolute atomic E-state index is 12.3. The quantitative estimate of drug-likeness (QED) is 0.771. The summed E-state index contributed by atoms with van der Waals surface area (Å²) in [6.45, 7) is 4.60. The maximum atomic E-state index is 12.3. The van der Waals surface area contributed by atoms with Gasteiger partial charge in [0.15, 0.2) is 0 Å². The van der Waals surface area contributed by atoms with Gasteiger partial charge in [-0.2, -0.15) is 0 Å². The third kappa shape index (κ3) is 3.06. The average Bonchev–Trinajstić information content (AvgIpc) is 2.54. The van der Waals surface area contributed by atoms with Crippen LogP contribution in [0.25, 0.3) is 10.9 Å². The van der Waals surface area contributed by atoms with Crippen LogP contribution in [0.3, 0.4) is 0 Å². The van der Waals surface area contributed by atoms with E-state index in [1.807, 2.05) is 30.3 Å². The predicted octanol–water partition coefficient (Wildman–Crippen LogP) is 3.77. The predicted molar refractivity (Wildman–Crippen MR) is 94.4 cm³/mol. The Labute approximate surface area is 135 Å². The lowest BCUT2D eigenvalue weighted by Crippen LogP contribution is -2.16. The molecule has 1 aromatic heterocycles. The number of pyridine rings is 1. The fraction of sp³-hybridized carbons (Fsp3) is 0.211. The van der Waals surface area contributed by atoms with E-state index in [9.17, 15) is 4.79 Å². The number of fused-ring (bicyclic) bond motifs is 1. The molecule has 1 heterocycles. The van der Waals surface area contributed by atoms with Gasteiger partial charge in [0.25, 0.3) is 5.56 Å². The van der Waals surface area contributed by atoms with Gasteiger partial charge in [-0.1, -0.05) is 18.2 Å². The normalized spacial score (nSPS) is 10.7. The van der Waals surface area contributed by atoms with Crippen LogP contribution in [-0.4, -0.2) is 12.1 Å². The number of aromatic nitrogens is 1. The van der Waals surface area contributed by atoms with Gasteiger partial charge in [0, 0.05) is 28.7 Å². The highest BCUT2D eigenvalue weighted by atomic mass is 16.5. The highest BCUT2D eigenvalue weighted by Gasteiger charge is 2.06. The van der Waals surface area contributed by atoms with Gasteiger partial charge in [-0.3, -0.25) is 4.79 Å². The molecule has 0 aliphatic carbocycles. The zero-order chi connectivity index (χ0) is 16.4. The van der Waals surface area contributed by atoms with Gasteiger partial charge in [0.1, 0.15) is 5.75 Å². The van der Waals surface area contributed by atoms with Crippen molar-refractivity contribution in [3.63, 3.8) is 0 Å². The van der Waals surface area contributed by atoms with Crippen LogP contribution in [0, 0.1) is 13.8 Å². The fourth-order valence-corrected chi connectivity index (χ4v) is 2.77. The molecule has 0 radical (unpaired) electrons. The van der Waals surface area contributed by atoms with Crippen LogP contribution in [0.1, 0.15) is 16.7 Å². The third-order valence-electron chi connectivity index (χ3n) is 4.07. The van der Waals surface area contributed by atoms with Crippen LogP contribution >= 0.6 is 0 Å². The molecule has 0 amide bonds. The molecule has 118 valence electrons. The summed E-state index contributed by atoms with van der Waals surface area (Å²) >= 11 is 0. The molecule has 0 saturated heterocycles. The van der Waals surface area contributed by atoms with Crippen molar-refractivity contribution in [2.24, 2.45) is 0 Å². The molecular weight excluding hydrogens is 288 g/mol. The molecule has 0 fully saturated rings. The van der Waals surface area contributed by atoms with Gasteiger partial charge < -0.3 is 15.0 Å². The third-order valence-corrected chi connectivity index (χ3v) is 4.07. The Hall–Kier alpha value is -2.75. The number of aryl methyl sites for hydroxylation is 2. The van der Waals surface area contributed by atoms with Crippen molar-refractivity contribution >= 4 is 16.6 Å². The molecule has 2 aromatic carbocycles. The highest BCUT2D eigenvalue weighted by molar-refractivity contribution is 5.80. The van der Waals surface area contributed by atoms with Crippen LogP contribution in [0.15, 0.2) is 47.3 Å². The minimum absolute atomic E-state index is 0.0681. The molecule has 0 saturated carbocycles. The molecule has 4 heteroatoms. The Morgan fingerprint density at radius 1 is 1.09 bits per heavy atom. The number of para-hydroxylation sites is 1. The fourth-order valence-electron chi connectivity index (χ4n) is 2.77. The average molecular weight is 308 g/mol. The summed E-state index contributed by atoms with van der Waals surface area (Å²) in [5, 5.41) is 4.34. The maximum Gasteiger partial charge on any atom is 0.253 e. The van der Waals surface area contributed by atoms with Crippen molar-refractivity contribution in [1.82, 2.24) is 4.98 Å². The number of H-pyrrole nitrogens is 1. The number of benzene rings is 2. The van der Waals surface area contributed by atoms with E-state index in [1.54, 1.807) is 7.11 Å². The summed E-state index contributed by atoms with van der Waals surface area (Å²) in [6, 6.07) is 13.7. The Morgan fingerprint density at radius 2 is 1.83 bits per heavy atom. The van der Waals surface area contributed by atoms with Gasteiger partial charge >= 0.3 is 0 Å².